The summed E-state index contributed by atoms with van der Waals surface area (Å²) < 4.78 is 67.8. The lowest BCUT2D eigenvalue weighted by Gasteiger charge is -2.38. The number of hydrogen-bond acceptors (Lipinski definition) is 10. The lowest BCUT2D eigenvalue weighted by atomic mass is 9.83. The molecule has 3 aromatic rings. The zero-order chi connectivity index (χ0) is 35.8. The van der Waals surface area contributed by atoms with E-state index in [1.165, 1.54) is 13.2 Å². The number of nitrogens with zero attached hydrogens (tertiary/aromatic N) is 3. The van der Waals surface area contributed by atoms with E-state index >= 15 is 0 Å². The van der Waals surface area contributed by atoms with Crippen LogP contribution in [0.5, 0.6) is 5.75 Å². The van der Waals surface area contributed by atoms with Crippen LogP contribution in [-0.2, 0) is 22.2 Å². The van der Waals surface area contributed by atoms with Gasteiger partial charge in [-0.05, 0) is 61.6 Å². The van der Waals surface area contributed by atoms with Crippen LogP contribution in [0.25, 0.3) is 11.1 Å². The molecule has 0 saturated heterocycles. The molecule has 0 fully saturated rings. The van der Waals surface area contributed by atoms with Gasteiger partial charge in [-0.1, -0.05) is 26.0 Å². The van der Waals surface area contributed by atoms with E-state index in [4.69, 9.17) is 19.3 Å². The number of aryl methyl sites for hydroxylation is 1. The second-order valence-electron chi connectivity index (χ2n) is 11.1. The molecule has 1 unspecified atom stereocenters. The summed E-state index contributed by atoms with van der Waals surface area (Å²) in [6.45, 7) is 5.60. The van der Waals surface area contributed by atoms with Crippen molar-refractivity contribution in [2.75, 3.05) is 30.9 Å². The predicted octanol–water partition coefficient (Wildman–Crippen LogP) is 5.67. The van der Waals surface area contributed by atoms with Crippen molar-refractivity contribution < 1.29 is 41.8 Å². The highest BCUT2D eigenvalue weighted by atomic mass is 31.1. The minimum absolute atomic E-state index is 0.00503. The number of halogens is 3. The number of amides is 1. The summed E-state index contributed by atoms with van der Waals surface area (Å²) in [6.07, 6.45) is -0.910. The summed E-state index contributed by atoms with van der Waals surface area (Å²) in [5.41, 5.74) is -0.205. The van der Waals surface area contributed by atoms with E-state index in [2.05, 4.69) is 31.4 Å². The maximum atomic E-state index is 15.0. The standard InChI is InChI=1S/C32H39F3N7O6P/c1-5-31(6-2)27(32(33,34)35)28(40-30(41-31)39-25-11-9-20(15-26(25)47-4)19-48-49(45)46)38-24-12-10-21(16-23(24)29(44)36-7-3)22-17-37-42(18-22)13-8-14-43/h9-12,15-18,43H,5-8,13-14,19H2,1-4H3,(H4-,36,38,39,40,41,44,45,46)/p+1. The number of aromatic nitrogens is 2. The van der Waals surface area contributed by atoms with E-state index < -0.39 is 37.3 Å². The Bertz CT molecular complexity index is 1720. The Hall–Kier alpha value is -4.50. The average molecular weight is 707 g/mol. The topological polar surface area (TPSA) is 171 Å². The number of ether oxygens (including phenoxy) is 1. The van der Waals surface area contributed by atoms with Crippen molar-refractivity contribution in [1.29, 1.82) is 0 Å². The fourth-order valence-electron chi connectivity index (χ4n) is 5.50. The Morgan fingerprint density at radius 1 is 1.08 bits per heavy atom. The molecule has 0 radical (unpaired) electrons. The Labute approximate surface area is 282 Å². The van der Waals surface area contributed by atoms with Crippen LogP contribution in [0.4, 0.5) is 24.5 Å². The number of methoxy groups -OCH3 is 1. The van der Waals surface area contributed by atoms with Crippen molar-refractivity contribution in [2.45, 2.75) is 64.9 Å². The van der Waals surface area contributed by atoms with Crippen molar-refractivity contribution in [3.05, 3.63) is 71.3 Å². The number of alkyl halides is 3. The van der Waals surface area contributed by atoms with E-state index in [1.54, 1.807) is 68.2 Å². The molecular formula is C32H40F3N7O6P+. The van der Waals surface area contributed by atoms with Gasteiger partial charge in [0.1, 0.15) is 23.8 Å². The van der Waals surface area contributed by atoms with Crippen molar-refractivity contribution in [3.8, 4) is 16.9 Å². The van der Waals surface area contributed by atoms with E-state index in [0.717, 1.165) is 0 Å². The maximum absolute atomic E-state index is 15.0. The fourth-order valence-corrected chi connectivity index (χ4v) is 5.76. The molecule has 2 aromatic carbocycles. The number of aliphatic hydroxyl groups is 1. The molecule has 1 aliphatic heterocycles. The van der Waals surface area contributed by atoms with Gasteiger partial charge < -0.3 is 31.1 Å². The molecule has 2 heterocycles. The summed E-state index contributed by atoms with van der Waals surface area (Å²) in [5, 5.41) is 24.9. The minimum Gasteiger partial charge on any atom is -0.495 e. The lowest BCUT2D eigenvalue weighted by Crippen LogP contribution is -2.49. The molecular weight excluding hydrogens is 666 g/mol. The highest BCUT2D eigenvalue weighted by Crippen LogP contribution is 2.44. The first-order valence-electron chi connectivity index (χ1n) is 15.6. The van der Waals surface area contributed by atoms with Gasteiger partial charge in [0.05, 0.1) is 35.8 Å². The lowest BCUT2D eigenvalue weighted by molar-refractivity contribution is -0.103. The monoisotopic (exact) mass is 706 g/mol. The number of benzene rings is 2. The normalized spacial score (nSPS) is 14.6. The van der Waals surface area contributed by atoms with Crippen LogP contribution in [0.3, 0.4) is 0 Å². The molecule has 264 valence electrons. The third kappa shape index (κ3) is 8.95. The highest BCUT2D eigenvalue weighted by Gasteiger charge is 2.51. The van der Waals surface area contributed by atoms with Crippen LogP contribution in [0.2, 0.25) is 0 Å². The van der Waals surface area contributed by atoms with E-state index in [1.807, 2.05) is 0 Å². The molecule has 0 bridgehead atoms. The molecule has 6 N–H and O–H groups in total. The number of carbonyl (C=O) groups is 1. The molecule has 49 heavy (non-hydrogen) atoms. The highest BCUT2D eigenvalue weighted by molar-refractivity contribution is 7.32. The number of anilines is 2. The van der Waals surface area contributed by atoms with Gasteiger partial charge in [0.2, 0.25) is 5.96 Å². The van der Waals surface area contributed by atoms with Crippen molar-refractivity contribution in [1.82, 2.24) is 20.4 Å². The molecule has 0 saturated carbocycles. The van der Waals surface area contributed by atoms with Crippen LogP contribution in [0.15, 0.2) is 65.2 Å². The SMILES string of the molecule is CCNC(=O)c1cc(-c2cnn(CCCO)c2)ccc1NC1=C(C(F)(F)F)C(CC)(CC)N=C(Nc2ccc(CO[P+](=O)O)cc2OC)N1. The summed E-state index contributed by atoms with van der Waals surface area (Å²) in [6, 6.07) is 9.55. The Morgan fingerprint density at radius 2 is 1.82 bits per heavy atom. The van der Waals surface area contributed by atoms with Crippen molar-refractivity contribution in [2.24, 2.45) is 4.99 Å². The van der Waals surface area contributed by atoms with Crippen LogP contribution < -0.4 is 26.0 Å². The smallest absolute Gasteiger partial charge is 0.495 e. The van der Waals surface area contributed by atoms with Gasteiger partial charge in [0, 0.05) is 36.0 Å². The quantitative estimate of drug-likeness (QED) is 0.108. The molecule has 0 spiro atoms. The third-order valence-corrected chi connectivity index (χ3v) is 8.32. The number of rotatable bonds is 15. The third-order valence-electron chi connectivity index (χ3n) is 7.97. The first kappa shape index (κ1) is 37.3. The number of aliphatic imine (C=N–C) groups is 1. The van der Waals surface area contributed by atoms with Crippen LogP contribution in [0, 0.1) is 0 Å². The fraction of sp³-hybridized carbons (Fsp3) is 0.406. The second-order valence-corrected chi connectivity index (χ2v) is 11.8. The molecule has 1 aromatic heterocycles. The molecule has 1 amide bonds. The van der Waals surface area contributed by atoms with Gasteiger partial charge in [-0.3, -0.25) is 9.48 Å². The van der Waals surface area contributed by atoms with Crippen molar-refractivity contribution >= 4 is 31.5 Å². The van der Waals surface area contributed by atoms with Gasteiger partial charge in [-0.25, -0.2) is 4.99 Å². The second kappa shape index (κ2) is 16.3. The summed E-state index contributed by atoms with van der Waals surface area (Å²) in [5.74, 6) is -0.620. The molecule has 17 heteroatoms. The first-order valence-corrected chi connectivity index (χ1v) is 16.8. The largest absolute Gasteiger partial charge is 0.695 e. The molecule has 0 aliphatic carbocycles. The number of hydrogen-bond donors (Lipinski definition) is 6. The predicted molar refractivity (Wildman–Crippen MR) is 179 cm³/mol. The van der Waals surface area contributed by atoms with Gasteiger partial charge in [0.15, 0.2) is 0 Å². The number of guanidine groups is 1. The van der Waals surface area contributed by atoms with Crippen LogP contribution in [0.1, 0.15) is 56.0 Å². The summed E-state index contributed by atoms with van der Waals surface area (Å²) >= 11 is 0. The van der Waals surface area contributed by atoms with Crippen LogP contribution in [-0.4, -0.2) is 63.6 Å². The molecule has 1 atom stereocenters. The van der Waals surface area contributed by atoms with Crippen molar-refractivity contribution in [3.63, 3.8) is 0 Å². The van der Waals surface area contributed by atoms with Gasteiger partial charge >= 0.3 is 14.4 Å². The van der Waals surface area contributed by atoms with Gasteiger partial charge in [-0.15, -0.1) is 9.42 Å². The number of carbonyl (C=O) groups excluding carboxylic acids is 1. The average Bonchev–Trinajstić information content (AvgIpc) is 3.55. The molecule has 13 nitrogen and oxygen atoms in total. The number of aliphatic hydroxyl groups excluding tert-OH is 1. The first-order chi connectivity index (χ1) is 23.4. The van der Waals surface area contributed by atoms with E-state index in [9.17, 15) is 22.5 Å². The Morgan fingerprint density at radius 3 is 2.45 bits per heavy atom. The Kier molecular flexibility index (Phi) is 12.4. The van der Waals surface area contributed by atoms with E-state index in [-0.39, 0.29) is 55.6 Å². The Balaban J connectivity index is 1.76. The van der Waals surface area contributed by atoms with Gasteiger partial charge in [-0.2, -0.15) is 18.3 Å². The van der Waals surface area contributed by atoms with E-state index in [0.29, 0.717) is 35.3 Å². The van der Waals surface area contributed by atoms with Crippen LogP contribution >= 0.6 is 8.25 Å². The zero-order valence-corrected chi connectivity index (χ0v) is 28.4. The minimum atomic E-state index is -4.81. The maximum Gasteiger partial charge on any atom is 0.695 e. The molecule has 4 rings (SSSR count). The summed E-state index contributed by atoms with van der Waals surface area (Å²) in [4.78, 5) is 26.8. The number of nitrogens with one attached hydrogen (secondary N) is 4. The zero-order valence-electron chi connectivity index (χ0n) is 27.5. The summed E-state index contributed by atoms with van der Waals surface area (Å²) in [7, 11) is -1.41. The molecule has 1 aliphatic rings. The van der Waals surface area contributed by atoms with Gasteiger partial charge in [0.25, 0.3) is 5.91 Å².